The van der Waals surface area contributed by atoms with Gasteiger partial charge in [0, 0.05) is 17.6 Å². The third-order valence-corrected chi connectivity index (χ3v) is 3.02. The molecule has 4 heteroatoms. The predicted molar refractivity (Wildman–Crippen MR) is 72.6 cm³/mol. The minimum absolute atomic E-state index is 0.185. The van der Waals surface area contributed by atoms with E-state index in [9.17, 15) is 0 Å². The van der Waals surface area contributed by atoms with E-state index in [-0.39, 0.29) is 11.8 Å². The van der Waals surface area contributed by atoms with Crippen LogP contribution in [0.15, 0.2) is 42.6 Å². The lowest BCUT2D eigenvalue weighted by Crippen LogP contribution is -2.18. The minimum atomic E-state index is 0.185. The van der Waals surface area contributed by atoms with E-state index in [1.807, 2.05) is 24.3 Å². The second-order valence-electron chi connectivity index (χ2n) is 4.16. The van der Waals surface area contributed by atoms with Crippen LogP contribution in [-0.4, -0.2) is 10.1 Å². The van der Waals surface area contributed by atoms with Crippen LogP contribution in [0, 0.1) is 0 Å². The Balaban J connectivity index is 1.93. The van der Waals surface area contributed by atoms with Crippen LogP contribution < -0.4 is 5.32 Å². The normalized spacial score (nSPS) is 12.3. The van der Waals surface area contributed by atoms with Gasteiger partial charge in [-0.05, 0) is 36.8 Å². The lowest BCUT2D eigenvalue weighted by Gasteiger charge is -2.14. The van der Waals surface area contributed by atoms with E-state index >= 15 is 0 Å². The number of nitrogens with one attached hydrogen (secondary N) is 1. The SMILES string of the molecule is C[C@@H](NCc1ccc(O)cn1)c1ccc(Cl)cc1. The molecule has 0 fully saturated rings. The average molecular weight is 263 g/mol. The van der Waals surface area contributed by atoms with Crippen molar-refractivity contribution in [3.8, 4) is 5.75 Å². The summed E-state index contributed by atoms with van der Waals surface area (Å²) < 4.78 is 0. The van der Waals surface area contributed by atoms with Gasteiger partial charge in [0.25, 0.3) is 0 Å². The predicted octanol–water partition coefficient (Wildman–Crippen LogP) is 3.29. The molecule has 1 aromatic carbocycles. The standard InChI is InChI=1S/C14H15ClN2O/c1-10(11-2-4-12(15)5-3-11)16-8-13-6-7-14(18)9-17-13/h2-7,9-10,16,18H,8H2,1H3/t10-/m1/s1. The molecule has 0 aliphatic rings. The first-order valence-corrected chi connectivity index (χ1v) is 6.15. The lowest BCUT2D eigenvalue weighted by molar-refractivity contribution is 0.471. The number of rotatable bonds is 4. The van der Waals surface area contributed by atoms with Crippen LogP contribution in [0.3, 0.4) is 0 Å². The molecule has 0 amide bonds. The fraction of sp³-hybridized carbons (Fsp3) is 0.214. The highest BCUT2D eigenvalue weighted by Crippen LogP contribution is 2.16. The van der Waals surface area contributed by atoms with Gasteiger partial charge in [-0.3, -0.25) is 4.98 Å². The second-order valence-corrected chi connectivity index (χ2v) is 4.60. The summed E-state index contributed by atoms with van der Waals surface area (Å²) in [6, 6.07) is 11.4. The van der Waals surface area contributed by atoms with Gasteiger partial charge in [0.2, 0.25) is 0 Å². The fourth-order valence-corrected chi connectivity index (χ4v) is 1.77. The van der Waals surface area contributed by atoms with Crippen molar-refractivity contribution in [1.82, 2.24) is 10.3 Å². The van der Waals surface area contributed by atoms with Crippen LogP contribution in [0.1, 0.15) is 24.2 Å². The molecule has 94 valence electrons. The zero-order chi connectivity index (χ0) is 13.0. The van der Waals surface area contributed by atoms with E-state index in [1.165, 1.54) is 11.8 Å². The van der Waals surface area contributed by atoms with Gasteiger partial charge in [0.05, 0.1) is 11.9 Å². The zero-order valence-electron chi connectivity index (χ0n) is 10.1. The fourth-order valence-electron chi connectivity index (χ4n) is 1.65. The van der Waals surface area contributed by atoms with Crippen molar-refractivity contribution in [2.75, 3.05) is 0 Å². The van der Waals surface area contributed by atoms with Crippen molar-refractivity contribution >= 4 is 11.6 Å². The van der Waals surface area contributed by atoms with Gasteiger partial charge in [0.1, 0.15) is 5.75 Å². The molecular formula is C14H15ClN2O. The monoisotopic (exact) mass is 262 g/mol. The molecule has 3 nitrogen and oxygen atoms in total. The molecule has 0 saturated heterocycles. The Morgan fingerprint density at radius 1 is 1.22 bits per heavy atom. The van der Waals surface area contributed by atoms with Crippen LogP contribution in [0.2, 0.25) is 5.02 Å². The number of aromatic hydroxyl groups is 1. The highest BCUT2D eigenvalue weighted by Gasteiger charge is 2.05. The summed E-state index contributed by atoms with van der Waals surface area (Å²) in [5.74, 6) is 0.185. The van der Waals surface area contributed by atoms with Crippen LogP contribution in [0.4, 0.5) is 0 Å². The van der Waals surface area contributed by atoms with Crippen molar-refractivity contribution < 1.29 is 5.11 Å². The van der Waals surface area contributed by atoms with Crippen molar-refractivity contribution in [2.24, 2.45) is 0 Å². The number of hydrogen-bond donors (Lipinski definition) is 2. The average Bonchev–Trinajstić information content (AvgIpc) is 2.38. The van der Waals surface area contributed by atoms with Crippen LogP contribution >= 0.6 is 11.6 Å². The van der Waals surface area contributed by atoms with Gasteiger partial charge < -0.3 is 10.4 Å². The van der Waals surface area contributed by atoms with Crippen molar-refractivity contribution in [2.45, 2.75) is 19.5 Å². The van der Waals surface area contributed by atoms with Gasteiger partial charge in [-0.15, -0.1) is 0 Å². The highest BCUT2D eigenvalue weighted by atomic mass is 35.5. The number of pyridine rings is 1. The summed E-state index contributed by atoms with van der Waals surface area (Å²) in [5, 5.41) is 13.3. The van der Waals surface area contributed by atoms with Crippen molar-refractivity contribution in [3.05, 3.63) is 58.9 Å². The molecule has 1 heterocycles. The number of benzene rings is 1. The first-order chi connectivity index (χ1) is 8.65. The molecule has 0 spiro atoms. The number of halogens is 1. The maximum atomic E-state index is 9.14. The van der Waals surface area contributed by atoms with Crippen molar-refractivity contribution in [1.29, 1.82) is 0 Å². The number of aromatic nitrogens is 1. The summed E-state index contributed by atoms with van der Waals surface area (Å²) in [7, 11) is 0. The topological polar surface area (TPSA) is 45.1 Å². The smallest absolute Gasteiger partial charge is 0.133 e. The minimum Gasteiger partial charge on any atom is -0.506 e. The molecule has 1 aromatic heterocycles. The first kappa shape index (κ1) is 12.9. The summed E-state index contributed by atoms with van der Waals surface area (Å²) in [5.41, 5.74) is 2.08. The Morgan fingerprint density at radius 3 is 2.56 bits per heavy atom. The molecule has 0 unspecified atom stereocenters. The maximum Gasteiger partial charge on any atom is 0.133 e. The van der Waals surface area contributed by atoms with E-state index in [0.717, 1.165) is 10.7 Å². The Labute approximate surface area is 111 Å². The van der Waals surface area contributed by atoms with Crippen LogP contribution in [-0.2, 0) is 6.54 Å². The summed E-state index contributed by atoms with van der Waals surface area (Å²) >= 11 is 5.85. The van der Waals surface area contributed by atoms with Gasteiger partial charge in [-0.2, -0.15) is 0 Å². The molecular weight excluding hydrogens is 248 g/mol. The lowest BCUT2D eigenvalue weighted by atomic mass is 10.1. The zero-order valence-corrected chi connectivity index (χ0v) is 10.9. The number of hydrogen-bond acceptors (Lipinski definition) is 3. The van der Waals surface area contributed by atoms with E-state index in [0.29, 0.717) is 6.54 Å². The third-order valence-electron chi connectivity index (χ3n) is 2.77. The van der Waals surface area contributed by atoms with Gasteiger partial charge in [0.15, 0.2) is 0 Å². The Bertz CT molecular complexity index is 496. The summed E-state index contributed by atoms with van der Waals surface area (Å²) in [6.07, 6.45) is 1.45. The molecule has 0 bridgehead atoms. The first-order valence-electron chi connectivity index (χ1n) is 5.78. The largest absolute Gasteiger partial charge is 0.506 e. The quantitative estimate of drug-likeness (QED) is 0.889. The maximum absolute atomic E-state index is 9.14. The molecule has 2 rings (SSSR count). The molecule has 0 radical (unpaired) electrons. The molecule has 1 atom stereocenters. The van der Waals surface area contributed by atoms with Gasteiger partial charge in [-0.25, -0.2) is 0 Å². The van der Waals surface area contributed by atoms with E-state index < -0.39 is 0 Å². The Kier molecular flexibility index (Phi) is 4.18. The molecule has 18 heavy (non-hydrogen) atoms. The molecule has 2 N–H and O–H groups in total. The van der Waals surface area contributed by atoms with E-state index in [2.05, 4.69) is 17.2 Å². The summed E-state index contributed by atoms with van der Waals surface area (Å²) in [4.78, 5) is 4.12. The molecule has 0 aliphatic carbocycles. The highest BCUT2D eigenvalue weighted by molar-refractivity contribution is 6.30. The van der Waals surface area contributed by atoms with Crippen LogP contribution in [0.25, 0.3) is 0 Å². The number of nitrogens with zero attached hydrogens (tertiary/aromatic N) is 1. The second kappa shape index (κ2) is 5.85. The summed E-state index contributed by atoms with van der Waals surface area (Å²) in [6.45, 7) is 2.74. The van der Waals surface area contributed by atoms with E-state index in [4.69, 9.17) is 16.7 Å². The van der Waals surface area contributed by atoms with Crippen molar-refractivity contribution in [3.63, 3.8) is 0 Å². The van der Waals surface area contributed by atoms with Crippen LogP contribution in [0.5, 0.6) is 5.75 Å². The molecule has 0 aliphatic heterocycles. The third kappa shape index (κ3) is 3.45. The van der Waals surface area contributed by atoms with Gasteiger partial charge in [-0.1, -0.05) is 23.7 Å². The Hall–Kier alpha value is -1.58. The van der Waals surface area contributed by atoms with Gasteiger partial charge >= 0.3 is 0 Å². The Morgan fingerprint density at radius 2 is 1.94 bits per heavy atom. The molecule has 0 saturated carbocycles. The molecule has 2 aromatic rings. The van der Waals surface area contributed by atoms with E-state index in [1.54, 1.807) is 12.1 Å².